The van der Waals surface area contributed by atoms with Crippen LogP contribution in [-0.4, -0.2) is 18.5 Å². The molecule has 0 bridgehead atoms. The quantitative estimate of drug-likeness (QED) is 0.269. The summed E-state index contributed by atoms with van der Waals surface area (Å²) in [6.07, 6.45) is 0. The van der Waals surface area contributed by atoms with Gasteiger partial charge in [0.1, 0.15) is 0 Å². The van der Waals surface area contributed by atoms with E-state index in [4.69, 9.17) is 36.2 Å². The van der Waals surface area contributed by atoms with Crippen LogP contribution in [0.15, 0.2) is 47.8 Å². The molecule has 0 aliphatic rings. The second-order valence-corrected chi connectivity index (χ2v) is 12.6. The number of benzene rings is 1. The Morgan fingerprint density at radius 1 is 1.00 bits per heavy atom. The molecule has 0 atom stereocenters. The van der Waals surface area contributed by atoms with Crippen molar-refractivity contribution in [1.82, 2.24) is 0 Å². The molecule has 146 valence electrons. The lowest BCUT2D eigenvalue weighted by atomic mass is 10.4. The van der Waals surface area contributed by atoms with Crippen LogP contribution in [0, 0.1) is 6.45 Å². The van der Waals surface area contributed by atoms with Crippen molar-refractivity contribution < 1.29 is 47.3 Å². The molecule has 0 amide bonds. The summed E-state index contributed by atoms with van der Waals surface area (Å²) in [5, 5.41) is 3.55. The lowest BCUT2D eigenvalue weighted by Gasteiger charge is -2.08. The average molecular weight is 587 g/mol. The minimum atomic E-state index is -6.09. The fourth-order valence-electron chi connectivity index (χ4n) is 1.60. The molecule has 0 spiro atoms. The van der Waals surface area contributed by atoms with Crippen molar-refractivity contribution in [3.8, 4) is 9.75 Å². The molecule has 0 aliphatic heterocycles. The van der Waals surface area contributed by atoms with E-state index in [0.717, 1.165) is 10.0 Å². The Hall–Kier alpha value is -0.370. The molecular formula is C15H8Cl2F3IO3S3. The van der Waals surface area contributed by atoms with E-state index < -0.39 is 15.6 Å². The number of halogens is 6. The van der Waals surface area contributed by atoms with Crippen molar-refractivity contribution in [1.29, 1.82) is 0 Å². The molecule has 1 aromatic carbocycles. The molecule has 0 unspecified atom stereocenters. The molecule has 0 N–H and O–H groups in total. The van der Waals surface area contributed by atoms with Crippen molar-refractivity contribution >= 4 is 56.0 Å². The van der Waals surface area contributed by atoms with Gasteiger partial charge in [-0.2, -0.15) is 13.2 Å². The summed E-state index contributed by atoms with van der Waals surface area (Å²) in [4.78, 5) is 2.68. The first-order valence-electron chi connectivity index (χ1n) is 6.72. The van der Waals surface area contributed by atoms with E-state index in [0.29, 0.717) is 0 Å². The van der Waals surface area contributed by atoms with E-state index in [-0.39, 0.29) is 21.2 Å². The van der Waals surface area contributed by atoms with E-state index >= 15 is 0 Å². The summed E-state index contributed by atoms with van der Waals surface area (Å²) >= 11 is 15.5. The smallest absolute Gasteiger partial charge is 0.485 e. The molecule has 2 aromatic heterocycles. The lowest BCUT2D eigenvalue weighted by Crippen LogP contribution is -3.61. The molecule has 2 heterocycles. The second-order valence-electron chi connectivity index (χ2n) is 4.66. The molecule has 0 radical (unpaired) electrons. The van der Waals surface area contributed by atoms with E-state index in [1.54, 1.807) is 17.4 Å². The molecule has 12 heteroatoms. The zero-order chi connectivity index (χ0) is 20.2. The Balaban J connectivity index is 0.000000279. The molecule has 0 fully saturated rings. The standard InChI is InChI=1S/C14H8Cl2IS2.CHF3O3S/c15-9-6-10(16)8-11(7-9)17-14-4-3-13(19-14)12-2-1-5-18-12;2-1(3,4)8(5,6)7/h1-8H;(H,5,6,7)/q+1;/p-1. The Labute approximate surface area is 181 Å². The molecule has 0 aliphatic carbocycles. The first kappa shape index (κ1) is 22.9. The fraction of sp³-hybridized carbons (Fsp3) is 0.0667. The minimum absolute atomic E-state index is 0.207. The third kappa shape index (κ3) is 7.18. The highest BCUT2D eigenvalue weighted by atomic mass is 127. The summed E-state index contributed by atoms with van der Waals surface area (Å²) in [5.41, 5.74) is -5.65. The van der Waals surface area contributed by atoms with Crippen molar-refractivity contribution in [2.75, 3.05) is 0 Å². The van der Waals surface area contributed by atoms with Gasteiger partial charge in [-0.05, 0) is 23.6 Å². The third-order valence-corrected chi connectivity index (χ3v) is 8.91. The maximum absolute atomic E-state index is 10.7. The van der Waals surface area contributed by atoms with Gasteiger partial charge < -0.3 is 4.55 Å². The fourth-order valence-corrected chi connectivity index (χ4v) is 7.69. The normalized spacial score (nSPS) is 11.8. The predicted octanol–water partition coefficient (Wildman–Crippen LogP) is 2.96. The highest BCUT2D eigenvalue weighted by Gasteiger charge is 2.36. The van der Waals surface area contributed by atoms with E-state index in [1.165, 1.54) is 16.2 Å². The van der Waals surface area contributed by atoms with Crippen molar-refractivity contribution in [2.45, 2.75) is 5.51 Å². The van der Waals surface area contributed by atoms with Gasteiger partial charge >= 0.3 is 26.7 Å². The van der Waals surface area contributed by atoms with E-state index in [2.05, 4.69) is 29.6 Å². The van der Waals surface area contributed by atoms with Gasteiger partial charge in [0.15, 0.2) is 13.7 Å². The van der Waals surface area contributed by atoms with Gasteiger partial charge in [-0.25, -0.2) is 8.42 Å². The van der Waals surface area contributed by atoms with E-state index in [9.17, 15) is 13.2 Å². The first-order chi connectivity index (χ1) is 12.5. The average Bonchev–Trinajstić information content (AvgIpc) is 3.15. The number of hydrogen-bond donors (Lipinski definition) is 0. The molecule has 27 heavy (non-hydrogen) atoms. The van der Waals surface area contributed by atoms with Gasteiger partial charge in [-0.3, -0.25) is 0 Å². The van der Waals surface area contributed by atoms with Crippen molar-refractivity contribution in [3.05, 3.63) is 64.3 Å². The van der Waals surface area contributed by atoms with Crippen molar-refractivity contribution in [3.63, 3.8) is 0 Å². The van der Waals surface area contributed by atoms with Gasteiger partial charge in [-0.15, -0.1) is 11.3 Å². The zero-order valence-electron chi connectivity index (χ0n) is 12.8. The van der Waals surface area contributed by atoms with Crippen molar-refractivity contribution in [2.24, 2.45) is 0 Å². The molecule has 3 aromatic rings. The molecule has 0 saturated heterocycles. The zero-order valence-corrected chi connectivity index (χ0v) is 19.0. The van der Waals surface area contributed by atoms with Gasteiger partial charge in [0.2, 0.25) is 2.88 Å². The first-order valence-corrected chi connectivity index (χ1v) is 12.7. The number of thiophene rings is 2. The van der Waals surface area contributed by atoms with Crippen LogP contribution >= 0.6 is 45.9 Å². The summed E-state index contributed by atoms with van der Waals surface area (Å²) in [6.45, 7) is 0. The highest BCUT2D eigenvalue weighted by molar-refractivity contribution is 7.86. The van der Waals surface area contributed by atoms with Crippen LogP contribution in [-0.2, 0) is 10.1 Å². The van der Waals surface area contributed by atoms with Gasteiger partial charge in [0.05, 0.1) is 0 Å². The Bertz CT molecular complexity index is 983. The third-order valence-electron chi connectivity index (χ3n) is 2.65. The largest absolute Gasteiger partial charge is 0.741 e. The maximum atomic E-state index is 10.7. The monoisotopic (exact) mass is 586 g/mol. The molecular weight excluding hydrogens is 579 g/mol. The lowest BCUT2D eigenvalue weighted by molar-refractivity contribution is -0.591. The van der Waals surface area contributed by atoms with Crippen LogP contribution in [0.3, 0.4) is 0 Å². The Kier molecular flexibility index (Phi) is 7.99. The van der Waals surface area contributed by atoms with Crippen LogP contribution in [0.1, 0.15) is 0 Å². The summed E-state index contributed by atoms with van der Waals surface area (Å²) in [5.74, 6) is 0. The number of hydrogen-bond acceptors (Lipinski definition) is 5. The summed E-state index contributed by atoms with van der Waals surface area (Å²) in [6, 6.07) is 14.5. The number of alkyl halides is 3. The Morgan fingerprint density at radius 3 is 2.07 bits per heavy atom. The SMILES string of the molecule is Clc1cc(Cl)cc([I+]c2ccc(-c3cccs3)s2)c1.O=S(=O)([O-])C(F)(F)F. The van der Waals surface area contributed by atoms with Crippen LogP contribution in [0.4, 0.5) is 13.2 Å². The number of rotatable bonds is 3. The summed E-state index contributed by atoms with van der Waals surface area (Å²) in [7, 11) is -6.09. The van der Waals surface area contributed by atoms with Gasteiger partial charge in [0.25, 0.3) is 0 Å². The van der Waals surface area contributed by atoms with Crippen LogP contribution in [0.25, 0.3) is 9.75 Å². The molecule has 3 nitrogen and oxygen atoms in total. The topological polar surface area (TPSA) is 57.2 Å². The van der Waals surface area contributed by atoms with Gasteiger partial charge in [-0.1, -0.05) is 40.6 Å². The predicted molar refractivity (Wildman–Crippen MR) is 97.2 cm³/mol. The van der Waals surface area contributed by atoms with Crippen LogP contribution in [0.2, 0.25) is 10.0 Å². The van der Waals surface area contributed by atoms with Crippen LogP contribution in [0.5, 0.6) is 0 Å². The summed E-state index contributed by atoms with van der Waals surface area (Å²) < 4.78 is 61.6. The van der Waals surface area contributed by atoms with Gasteiger partial charge in [0, 0.05) is 38.0 Å². The highest BCUT2D eigenvalue weighted by Crippen LogP contribution is 2.28. The van der Waals surface area contributed by atoms with Crippen LogP contribution < -0.4 is 21.2 Å². The Morgan fingerprint density at radius 2 is 1.59 bits per heavy atom. The van der Waals surface area contributed by atoms with E-state index in [1.807, 2.05) is 23.5 Å². The minimum Gasteiger partial charge on any atom is -0.741 e. The molecule has 3 rings (SSSR count). The second kappa shape index (κ2) is 9.42. The maximum Gasteiger partial charge on any atom is 0.485 e. The molecule has 0 saturated carbocycles.